The molecule has 144 valence electrons. The third-order valence-electron chi connectivity index (χ3n) is 5.81. The van der Waals surface area contributed by atoms with Gasteiger partial charge in [-0.3, -0.25) is 4.79 Å². The molecule has 1 spiro atoms. The number of hydrogen-bond donors (Lipinski definition) is 0. The van der Waals surface area contributed by atoms with Crippen molar-refractivity contribution in [3.8, 4) is 0 Å². The van der Waals surface area contributed by atoms with E-state index in [1.807, 2.05) is 0 Å². The van der Waals surface area contributed by atoms with Crippen LogP contribution in [-0.2, 0) is 19.1 Å². The van der Waals surface area contributed by atoms with Crippen molar-refractivity contribution in [2.45, 2.75) is 52.1 Å². The first kappa shape index (κ1) is 18.7. The van der Waals surface area contributed by atoms with Crippen molar-refractivity contribution < 1.29 is 23.9 Å². The zero-order valence-corrected chi connectivity index (χ0v) is 15.9. The van der Waals surface area contributed by atoms with Gasteiger partial charge < -0.3 is 19.3 Å². The Morgan fingerprint density at radius 3 is 2.31 bits per heavy atom. The number of piperazine rings is 1. The van der Waals surface area contributed by atoms with Crippen molar-refractivity contribution in [1.29, 1.82) is 0 Å². The number of ether oxygens (including phenoxy) is 2. The predicted molar refractivity (Wildman–Crippen MR) is 94.3 cm³/mol. The Morgan fingerprint density at radius 2 is 1.73 bits per heavy atom. The fourth-order valence-corrected chi connectivity index (χ4v) is 4.15. The maximum atomic E-state index is 13.2. The Hall–Kier alpha value is -2.05. The quantitative estimate of drug-likeness (QED) is 0.702. The van der Waals surface area contributed by atoms with Gasteiger partial charge in [0, 0.05) is 31.8 Å². The molecule has 1 aliphatic carbocycles. The Kier molecular flexibility index (Phi) is 5.25. The number of carbonyl (C=O) groups excluding carboxylic acids is 3. The fraction of sp³-hybridized carbons (Fsp3) is 0.737. The second kappa shape index (κ2) is 7.29. The maximum absolute atomic E-state index is 13.2. The van der Waals surface area contributed by atoms with E-state index in [-0.39, 0.29) is 18.0 Å². The maximum Gasteiger partial charge on any atom is 0.409 e. The molecule has 1 saturated carbocycles. The minimum Gasteiger partial charge on any atom is -0.451 e. The van der Waals surface area contributed by atoms with Gasteiger partial charge in [-0.15, -0.1) is 0 Å². The summed E-state index contributed by atoms with van der Waals surface area (Å²) in [7, 11) is 0. The van der Waals surface area contributed by atoms with Crippen molar-refractivity contribution in [2.75, 3.05) is 32.8 Å². The smallest absolute Gasteiger partial charge is 0.409 e. The lowest BCUT2D eigenvalue weighted by Gasteiger charge is -2.39. The van der Waals surface area contributed by atoms with E-state index in [0.717, 1.165) is 12.8 Å². The fourth-order valence-electron chi connectivity index (χ4n) is 4.15. The molecule has 0 N–H and O–H groups in total. The molecular weight excluding hydrogens is 336 g/mol. The lowest BCUT2D eigenvalue weighted by atomic mass is 9.74. The number of rotatable bonds is 2. The Morgan fingerprint density at radius 1 is 1.15 bits per heavy atom. The third kappa shape index (κ3) is 3.31. The van der Waals surface area contributed by atoms with Gasteiger partial charge in [0.2, 0.25) is 0 Å². The van der Waals surface area contributed by atoms with Gasteiger partial charge in [0.05, 0.1) is 12.2 Å². The molecule has 0 unspecified atom stereocenters. The van der Waals surface area contributed by atoms with E-state index in [1.54, 1.807) is 23.6 Å². The van der Waals surface area contributed by atoms with Gasteiger partial charge >= 0.3 is 12.1 Å². The van der Waals surface area contributed by atoms with E-state index >= 15 is 0 Å². The molecule has 0 radical (unpaired) electrons. The highest BCUT2D eigenvalue weighted by molar-refractivity contribution is 6.07. The van der Waals surface area contributed by atoms with Gasteiger partial charge in [-0.25, -0.2) is 9.59 Å². The van der Waals surface area contributed by atoms with Crippen LogP contribution >= 0.6 is 0 Å². The Labute approximate surface area is 154 Å². The largest absolute Gasteiger partial charge is 0.451 e. The van der Waals surface area contributed by atoms with Crippen molar-refractivity contribution >= 4 is 18.0 Å². The van der Waals surface area contributed by atoms with Crippen LogP contribution in [0.1, 0.15) is 46.5 Å². The zero-order valence-electron chi connectivity index (χ0n) is 15.9. The summed E-state index contributed by atoms with van der Waals surface area (Å²) in [4.78, 5) is 40.6. The van der Waals surface area contributed by atoms with Gasteiger partial charge in [-0.1, -0.05) is 6.92 Å². The van der Waals surface area contributed by atoms with Gasteiger partial charge in [0.15, 0.2) is 0 Å². The van der Waals surface area contributed by atoms with Crippen LogP contribution in [-0.4, -0.2) is 66.2 Å². The molecule has 3 rings (SSSR count). The van der Waals surface area contributed by atoms with E-state index in [2.05, 4.69) is 6.92 Å². The van der Waals surface area contributed by atoms with Crippen LogP contribution in [0.4, 0.5) is 4.79 Å². The zero-order chi connectivity index (χ0) is 18.9. The molecule has 0 aromatic heterocycles. The van der Waals surface area contributed by atoms with E-state index in [9.17, 15) is 14.4 Å². The summed E-state index contributed by atoms with van der Waals surface area (Å²) in [5.41, 5.74) is 0.236. The van der Waals surface area contributed by atoms with Crippen molar-refractivity contribution in [3.05, 3.63) is 11.1 Å². The van der Waals surface area contributed by atoms with E-state index in [4.69, 9.17) is 9.47 Å². The Balaban J connectivity index is 1.72. The van der Waals surface area contributed by atoms with Crippen LogP contribution in [0.5, 0.6) is 0 Å². The van der Waals surface area contributed by atoms with Crippen LogP contribution in [0.25, 0.3) is 0 Å². The van der Waals surface area contributed by atoms with Crippen LogP contribution in [0.3, 0.4) is 0 Å². The minimum atomic E-state index is -0.747. The average Bonchev–Trinajstić information content (AvgIpc) is 2.88. The van der Waals surface area contributed by atoms with Crippen LogP contribution in [0.2, 0.25) is 0 Å². The second-order valence-corrected chi connectivity index (χ2v) is 7.54. The molecular formula is C19H28N2O5. The summed E-state index contributed by atoms with van der Waals surface area (Å²) in [6.07, 6.45) is 2.98. The molecule has 0 atom stereocenters. The van der Waals surface area contributed by atoms with Crippen LogP contribution in [0, 0.1) is 5.92 Å². The van der Waals surface area contributed by atoms with Crippen molar-refractivity contribution in [3.63, 3.8) is 0 Å². The van der Waals surface area contributed by atoms with Gasteiger partial charge in [0.1, 0.15) is 5.60 Å². The molecule has 2 aliphatic heterocycles. The molecule has 0 aromatic carbocycles. The number of carbonyl (C=O) groups is 3. The number of hydrogen-bond acceptors (Lipinski definition) is 5. The van der Waals surface area contributed by atoms with E-state index in [1.165, 1.54) is 0 Å². The molecule has 7 nitrogen and oxygen atoms in total. The average molecular weight is 364 g/mol. The molecule has 2 fully saturated rings. The molecule has 2 heterocycles. The summed E-state index contributed by atoms with van der Waals surface area (Å²) < 4.78 is 10.7. The van der Waals surface area contributed by atoms with Crippen molar-refractivity contribution in [1.82, 2.24) is 9.80 Å². The van der Waals surface area contributed by atoms with Crippen molar-refractivity contribution in [2.24, 2.45) is 5.92 Å². The SMILES string of the molecule is CCOC(=O)N1CCN(C(=O)C2=C(C)C(=O)OC23CCC(C)CC3)CC1. The molecule has 2 amide bonds. The van der Waals surface area contributed by atoms with Gasteiger partial charge in [0.25, 0.3) is 5.91 Å². The highest BCUT2D eigenvalue weighted by Gasteiger charge is 2.51. The molecule has 7 heteroatoms. The monoisotopic (exact) mass is 364 g/mol. The standard InChI is InChI=1S/C19H28N2O5/c1-4-25-18(24)21-11-9-20(10-12-21)16(22)15-14(3)17(23)26-19(15)7-5-13(2)6-8-19/h13H,4-12H2,1-3H3. The first-order valence-corrected chi connectivity index (χ1v) is 9.53. The summed E-state index contributed by atoms with van der Waals surface area (Å²) in [6.45, 7) is 7.75. The Bertz CT molecular complexity index is 626. The number of esters is 1. The highest BCUT2D eigenvalue weighted by Crippen LogP contribution is 2.45. The molecule has 1 saturated heterocycles. The first-order valence-electron chi connectivity index (χ1n) is 9.53. The van der Waals surface area contributed by atoms with Gasteiger partial charge in [-0.2, -0.15) is 0 Å². The summed E-state index contributed by atoms with van der Waals surface area (Å²) in [5, 5.41) is 0. The third-order valence-corrected chi connectivity index (χ3v) is 5.81. The number of nitrogens with zero attached hydrogens (tertiary/aromatic N) is 2. The normalized spacial score (nSPS) is 29.2. The molecule has 3 aliphatic rings. The van der Waals surface area contributed by atoms with E-state index in [0.29, 0.717) is 62.7 Å². The summed E-state index contributed by atoms with van der Waals surface area (Å²) >= 11 is 0. The predicted octanol–water partition coefficient (Wildman–Crippen LogP) is 2.11. The van der Waals surface area contributed by atoms with E-state index < -0.39 is 5.60 Å². The number of amides is 2. The summed E-state index contributed by atoms with van der Waals surface area (Å²) in [5.74, 6) is 0.101. The van der Waals surface area contributed by atoms with Crippen LogP contribution in [0.15, 0.2) is 11.1 Å². The lowest BCUT2D eigenvalue weighted by Crippen LogP contribution is -2.53. The summed E-state index contributed by atoms with van der Waals surface area (Å²) in [6, 6.07) is 0. The molecule has 0 aromatic rings. The van der Waals surface area contributed by atoms with Crippen LogP contribution < -0.4 is 0 Å². The topological polar surface area (TPSA) is 76.2 Å². The second-order valence-electron chi connectivity index (χ2n) is 7.54. The lowest BCUT2D eigenvalue weighted by molar-refractivity contribution is -0.151. The first-order chi connectivity index (χ1) is 12.4. The van der Waals surface area contributed by atoms with Gasteiger partial charge in [-0.05, 0) is 45.4 Å². The highest BCUT2D eigenvalue weighted by atomic mass is 16.6. The minimum absolute atomic E-state index is 0.119. The molecule has 0 bridgehead atoms. The molecule has 26 heavy (non-hydrogen) atoms.